The van der Waals surface area contributed by atoms with E-state index in [0.717, 1.165) is 30.3 Å². The Hall–Kier alpha value is -2.43. The van der Waals surface area contributed by atoms with E-state index in [1.807, 2.05) is 17.8 Å². The summed E-state index contributed by atoms with van der Waals surface area (Å²) in [7, 11) is 1.98. The second-order valence-corrected chi connectivity index (χ2v) is 6.68. The molecule has 1 aromatic carbocycles. The fourth-order valence-corrected chi connectivity index (χ4v) is 3.62. The highest BCUT2D eigenvalue weighted by atomic mass is 16.5. The molecule has 24 heavy (non-hydrogen) atoms. The Morgan fingerprint density at radius 2 is 1.83 bits per heavy atom. The summed E-state index contributed by atoms with van der Waals surface area (Å²) in [5.41, 5.74) is 2.55. The van der Waals surface area contributed by atoms with Crippen LogP contribution in [-0.2, 0) is 13.5 Å². The van der Waals surface area contributed by atoms with Gasteiger partial charge in [-0.2, -0.15) is 4.98 Å². The number of rotatable bonds is 4. The number of benzene rings is 1. The molecule has 3 aromatic rings. The fourth-order valence-electron chi connectivity index (χ4n) is 3.62. The van der Waals surface area contributed by atoms with E-state index in [0.29, 0.717) is 18.3 Å². The zero-order valence-corrected chi connectivity index (χ0v) is 13.9. The topological polar surface area (TPSA) is 56.7 Å². The Labute approximate surface area is 141 Å². The number of aryl methyl sites for hydroxylation is 1. The van der Waals surface area contributed by atoms with Crippen LogP contribution in [0, 0.1) is 0 Å². The van der Waals surface area contributed by atoms with Crippen LogP contribution in [0.15, 0.2) is 47.4 Å². The minimum atomic E-state index is 0.401. The molecule has 2 heterocycles. The molecule has 4 rings (SSSR count). The Morgan fingerprint density at radius 1 is 1.08 bits per heavy atom. The third-order valence-electron chi connectivity index (χ3n) is 5.09. The second kappa shape index (κ2) is 6.59. The van der Waals surface area contributed by atoms with E-state index >= 15 is 0 Å². The average molecular weight is 322 g/mol. The van der Waals surface area contributed by atoms with Crippen molar-refractivity contribution in [1.82, 2.24) is 19.7 Å². The highest BCUT2D eigenvalue weighted by molar-refractivity contribution is 5.20. The van der Waals surface area contributed by atoms with Gasteiger partial charge < -0.3 is 9.09 Å². The van der Waals surface area contributed by atoms with Crippen molar-refractivity contribution in [2.75, 3.05) is 0 Å². The molecule has 1 saturated carbocycles. The van der Waals surface area contributed by atoms with E-state index in [1.165, 1.54) is 18.4 Å². The van der Waals surface area contributed by atoms with Crippen molar-refractivity contribution in [1.29, 1.82) is 0 Å². The molecule has 0 unspecified atom stereocenters. The molecule has 0 bridgehead atoms. The van der Waals surface area contributed by atoms with Crippen LogP contribution in [0.5, 0.6) is 0 Å². The third kappa shape index (κ3) is 3.11. The van der Waals surface area contributed by atoms with E-state index in [1.54, 1.807) is 6.33 Å². The van der Waals surface area contributed by atoms with Gasteiger partial charge in [0.05, 0.1) is 12.7 Å². The maximum absolute atomic E-state index is 5.54. The van der Waals surface area contributed by atoms with E-state index in [4.69, 9.17) is 4.52 Å². The van der Waals surface area contributed by atoms with Crippen molar-refractivity contribution < 1.29 is 4.52 Å². The summed E-state index contributed by atoms with van der Waals surface area (Å²) in [6.07, 6.45) is 8.92. The van der Waals surface area contributed by atoms with Crippen molar-refractivity contribution in [3.63, 3.8) is 0 Å². The predicted octanol–water partition coefficient (Wildman–Crippen LogP) is 3.84. The van der Waals surface area contributed by atoms with Gasteiger partial charge in [0.15, 0.2) is 5.82 Å². The van der Waals surface area contributed by atoms with Gasteiger partial charge in [-0.15, -0.1) is 0 Å². The molecule has 0 atom stereocenters. The lowest BCUT2D eigenvalue weighted by molar-refractivity contribution is 0.299. The molecule has 124 valence electrons. The lowest BCUT2D eigenvalue weighted by Gasteiger charge is -2.26. The van der Waals surface area contributed by atoms with E-state index in [2.05, 4.69) is 45.5 Å². The van der Waals surface area contributed by atoms with Crippen LogP contribution in [0.4, 0.5) is 0 Å². The zero-order chi connectivity index (χ0) is 16.4. The maximum atomic E-state index is 5.54. The normalized spacial score (nSPS) is 21.0. The minimum Gasteiger partial charge on any atom is -0.339 e. The quantitative estimate of drug-likeness (QED) is 0.732. The molecule has 5 nitrogen and oxygen atoms in total. The molecule has 1 aliphatic rings. The van der Waals surface area contributed by atoms with Crippen LogP contribution in [0.3, 0.4) is 0 Å². The Bertz CT molecular complexity index is 785. The van der Waals surface area contributed by atoms with E-state index in [9.17, 15) is 0 Å². The minimum absolute atomic E-state index is 0.401. The highest BCUT2D eigenvalue weighted by Gasteiger charge is 2.27. The lowest BCUT2D eigenvalue weighted by Crippen LogP contribution is -2.12. The molecule has 5 heteroatoms. The van der Waals surface area contributed by atoms with Gasteiger partial charge in [0.1, 0.15) is 0 Å². The largest absolute Gasteiger partial charge is 0.339 e. The Morgan fingerprint density at radius 3 is 2.54 bits per heavy atom. The first-order valence-electron chi connectivity index (χ1n) is 8.62. The summed E-state index contributed by atoms with van der Waals surface area (Å²) < 4.78 is 7.53. The van der Waals surface area contributed by atoms with Crippen LogP contribution < -0.4 is 0 Å². The lowest BCUT2D eigenvalue weighted by atomic mass is 9.78. The Balaban J connectivity index is 1.39. The van der Waals surface area contributed by atoms with Crippen molar-refractivity contribution in [2.45, 2.75) is 43.9 Å². The van der Waals surface area contributed by atoms with Gasteiger partial charge in [0.2, 0.25) is 5.89 Å². The summed E-state index contributed by atoms with van der Waals surface area (Å²) in [4.78, 5) is 8.76. The molecule has 0 spiro atoms. The summed E-state index contributed by atoms with van der Waals surface area (Å²) in [5.74, 6) is 2.62. The van der Waals surface area contributed by atoms with Crippen molar-refractivity contribution >= 4 is 0 Å². The monoisotopic (exact) mass is 322 g/mol. The van der Waals surface area contributed by atoms with Gasteiger partial charge in [0, 0.05) is 24.9 Å². The van der Waals surface area contributed by atoms with Crippen LogP contribution in [0.1, 0.15) is 60.5 Å². The molecular formula is C19H22N4O. The molecule has 1 fully saturated rings. The molecule has 1 aliphatic carbocycles. The van der Waals surface area contributed by atoms with Crippen molar-refractivity contribution in [3.8, 4) is 0 Å². The molecular weight excluding hydrogens is 300 g/mol. The first-order valence-corrected chi connectivity index (χ1v) is 8.62. The summed E-state index contributed by atoms with van der Waals surface area (Å²) in [5, 5.41) is 4.16. The number of aromatic nitrogens is 4. The fraction of sp³-hybridized carbons (Fsp3) is 0.421. The SMILES string of the molecule is Cn1cncc1Cc1noc(C2CCC(c3ccccc3)CC2)n1. The van der Waals surface area contributed by atoms with Crippen molar-refractivity contribution in [3.05, 3.63) is 65.8 Å². The number of hydrogen-bond donors (Lipinski definition) is 0. The smallest absolute Gasteiger partial charge is 0.229 e. The van der Waals surface area contributed by atoms with E-state index in [-0.39, 0.29) is 0 Å². The standard InChI is InChI=1S/C19H22N4O/c1-23-13-20-12-17(23)11-18-21-19(24-22-18)16-9-7-15(8-10-16)14-5-3-2-4-6-14/h2-6,12-13,15-16H,7-11H2,1H3. The zero-order valence-electron chi connectivity index (χ0n) is 13.9. The maximum Gasteiger partial charge on any atom is 0.229 e. The predicted molar refractivity (Wildman–Crippen MR) is 90.7 cm³/mol. The van der Waals surface area contributed by atoms with Gasteiger partial charge >= 0.3 is 0 Å². The molecule has 0 N–H and O–H groups in total. The molecule has 0 saturated heterocycles. The number of nitrogens with zero attached hydrogens (tertiary/aromatic N) is 4. The summed E-state index contributed by atoms with van der Waals surface area (Å²) in [6.45, 7) is 0. The summed E-state index contributed by atoms with van der Waals surface area (Å²) in [6, 6.07) is 10.8. The van der Waals surface area contributed by atoms with Gasteiger partial charge in [0.25, 0.3) is 0 Å². The van der Waals surface area contributed by atoms with Crippen LogP contribution in [0.25, 0.3) is 0 Å². The summed E-state index contributed by atoms with van der Waals surface area (Å²) >= 11 is 0. The van der Waals surface area contributed by atoms with Crippen LogP contribution in [-0.4, -0.2) is 19.7 Å². The van der Waals surface area contributed by atoms with E-state index < -0.39 is 0 Å². The van der Waals surface area contributed by atoms with Gasteiger partial charge in [-0.1, -0.05) is 35.5 Å². The van der Waals surface area contributed by atoms with Crippen LogP contribution >= 0.6 is 0 Å². The molecule has 2 aromatic heterocycles. The van der Waals surface area contributed by atoms with Gasteiger partial charge in [-0.05, 0) is 37.2 Å². The first-order chi connectivity index (χ1) is 11.8. The molecule has 0 amide bonds. The second-order valence-electron chi connectivity index (χ2n) is 6.68. The molecule has 0 aliphatic heterocycles. The van der Waals surface area contributed by atoms with Crippen LogP contribution in [0.2, 0.25) is 0 Å². The first kappa shape index (κ1) is 15.1. The molecule has 0 radical (unpaired) electrons. The van der Waals surface area contributed by atoms with Crippen molar-refractivity contribution in [2.24, 2.45) is 7.05 Å². The average Bonchev–Trinajstić information content (AvgIpc) is 3.26. The van der Waals surface area contributed by atoms with Gasteiger partial charge in [-0.3, -0.25) is 0 Å². The Kier molecular flexibility index (Phi) is 4.15. The number of hydrogen-bond acceptors (Lipinski definition) is 4. The highest BCUT2D eigenvalue weighted by Crippen LogP contribution is 2.39. The third-order valence-corrected chi connectivity index (χ3v) is 5.09. The van der Waals surface area contributed by atoms with Gasteiger partial charge in [-0.25, -0.2) is 4.98 Å². The number of imidazole rings is 1.